The van der Waals surface area contributed by atoms with Crippen LogP contribution in [-0.4, -0.2) is 29.6 Å². The fourth-order valence-electron chi connectivity index (χ4n) is 2.75. The summed E-state index contributed by atoms with van der Waals surface area (Å²) < 4.78 is 27.0. The number of hydrogen-bond donors (Lipinski definition) is 1. The average molecular weight is 269 g/mol. The maximum absolute atomic E-state index is 13.8. The van der Waals surface area contributed by atoms with Crippen LogP contribution in [0.15, 0.2) is 18.2 Å². The number of rotatable bonds is 3. The lowest BCUT2D eigenvalue weighted by atomic mass is 9.84. The maximum Gasteiger partial charge on any atom is 0.164 e. The van der Waals surface area contributed by atoms with Gasteiger partial charge in [-0.2, -0.15) is 0 Å². The van der Waals surface area contributed by atoms with Crippen LogP contribution in [-0.2, 0) is 5.60 Å². The molecule has 2 nitrogen and oxygen atoms in total. The summed E-state index contributed by atoms with van der Waals surface area (Å²) >= 11 is 0. The van der Waals surface area contributed by atoms with E-state index in [0.717, 1.165) is 12.6 Å². The maximum atomic E-state index is 13.8. The number of halogens is 2. The molecule has 0 amide bonds. The number of benzene rings is 1. The molecule has 0 aliphatic carbocycles. The van der Waals surface area contributed by atoms with Crippen molar-refractivity contribution in [3.63, 3.8) is 0 Å². The third kappa shape index (κ3) is 3.12. The molecule has 19 heavy (non-hydrogen) atoms. The minimum atomic E-state index is -1.24. The first-order valence-corrected chi connectivity index (χ1v) is 6.81. The molecular formula is C15H21F2NO. The van der Waals surface area contributed by atoms with Gasteiger partial charge in [0.15, 0.2) is 11.6 Å². The molecule has 0 aromatic heterocycles. The van der Waals surface area contributed by atoms with E-state index in [4.69, 9.17) is 0 Å². The summed E-state index contributed by atoms with van der Waals surface area (Å²) in [6.45, 7) is 6.69. The van der Waals surface area contributed by atoms with Gasteiger partial charge in [0.05, 0.1) is 5.60 Å². The van der Waals surface area contributed by atoms with Crippen molar-refractivity contribution in [2.75, 3.05) is 19.6 Å². The normalized spacial score (nSPS) is 19.9. The first kappa shape index (κ1) is 14.4. The zero-order valence-corrected chi connectivity index (χ0v) is 11.5. The fourth-order valence-corrected chi connectivity index (χ4v) is 2.75. The van der Waals surface area contributed by atoms with Gasteiger partial charge in [0.1, 0.15) is 0 Å². The molecule has 0 radical (unpaired) electrons. The van der Waals surface area contributed by atoms with Gasteiger partial charge in [-0.25, -0.2) is 8.78 Å². The summed E-state index contributed by atoms with van der Waals surface area (Å²) in [6.07, 6.45) is 0.889. The average Bonchev–Trinajstić information content (AvgIpc) is 2.35. The van der Waals surface area contributed by atoms with E-state index in [0.29, 0.717) is 31.8 Å². The molecule has 2 rings (SSSR count). The van der Waals surface area contributed by atoms with Gasteiger partial charge in [-0.3, -0.25) is 0 Å². The Balaban J connectivity index is 2.11. The van der Waals surface area contributed by atoms with Gasteiger partial charge in [0, 0.05) is 25.2 Å². The quantitative estimate of drug-likeness (QED) is 0.912. The van der Waals surface area contributed by atoms with E-state index in [1.807, 2.05) is 0 Å². The third-order valence-electron chi connectivity index (χ3n) is 3.76. The second-order valence-corrected chi connectivity index (χ2v) is 5.83. The molecule has 1 aliphatic heterocycles. The molecule has 0 atom stereocenters. The molecule has 0 bridgehead atoms. The van der Waals surface area contributed by atoms with Crippen LogP contribution >= 0.6 is 0 Å². The van der Waals surface area contributed by atoms with Gasteiger partial charge in [-0.1, -0.05) is 26.0 Å². The van der Waals surface area contributed by atoms with Crippen molar-refractivity contribution in [2.45, 2.75) is 32.3 Å². The second kappa shape index (κ2) is 5.55. The van der Waals surface area contributed by atoms with Crippen LogP contribution in [0, 0.1) is 17.6 Å². The molecule has 0 unspecified atom stereocenters. The molecule has 1 aliphatic rings. The Labute approximate surface area is 113 Å². The first-order chi connectivity index (χ1) is 8.92. The highest BCUT2D eigenvalue weighted by molar-refractivity contribution is 5.26. The molecular weight excluding hydrogens is 248 g/mol. The Bertz CT molecular complexity index is 440. The lowest BCUT2D eigenvalue weighted by Crippen LogP contribution is -2.44. The van der Waals surface area contributed by atoms with Crippen LogP contribution in [0.25, 0.3) is 0 Å². The van der Waals surface area contributed by atoms with Gasteiger partial charge in [0.25, 0.3) is 0 Å². The SMILES string of the molecule is CC(C)CN1CCC(O)(c2cccc(F)c2F)CC1. The van der Waals surface area contributed by atoms with E-state index in [2.05, 4.69) is 18.7 Å². The highest BCUT2D eigenvalue weighted by Gasteiger charge is 2.36. The minimum absolute atomic E-state index is 0.0942. The van der Waals surface area contributed by atoms with Gasteiger partial charge >= 0.3 is 0 Å². The van der Waals surface area contributed by atoms with Crippen LogP contribution in [0.1, 0.15) is 32.3 Å². The topological polar surface area (TPSA) is 23.5 Å². The van der Waals surface area contributed by atoms with Crippen LogP contribution in [0.2, 0.25) is 0 Å². The first-order valence-electron chi connectivity index (χ1n) is 6.81. The summed E-state index contributed by atoms with van der Waals surface area (Å²) in [5, 5.41) is 10.6. The van der Waals surface area contributed by atoms with E-state index in [-0.39, 0.29) is 5.56 Å². The Morgan fingerprint density at radius 1 is 1.26 bits per heavy atom. The molecule has 4 heteroatoms. The Morgan fingerprint density at radius 3 is 2.47 bits per heavy atom. The van der Waals surface area contributed by atoms with Gasteiger partial charge in [-0.05, 0) is 24.8 Å². The molecule has 1 saturated heterocycles. The summed E-state index contributed by atoms with van der Waals surface area (Å²) in [6, 6.07) is 4.01. The van der Waals surface area contributed by atoms with Gasteiger partial charge < -0.3 is 10.0 Å². The predicted molar refractivity (Wildman–Crippen MR) is 70.8 cm³/mol. The highest BCUT2D eigenvalue weighted by Crippen LogP contribution is 2.35. The van der Waals surface area contributed by atoms with Crippen molar-refractivity contribution >= 4 is 0 Å². The van der Waals surface area contributed by atoms with E-state index in [1.165, 1.54) is 12.1 Å². The number of hydrogen-bond acceptors (Lipinski definition) is 2. The molecule has 0 spiro atoms. The smallest absolute Gasteiger partial charge is 0.164 e. The predicted octanol–water partition coefficient (Wildman–Crippen LogP) is 2.90. The van der Waals surface area contributed by atoms with Crippen molar-refractivity contribution in [1.82, 2.24) is 4.90 Å². The Hall–Kier alpha value is -1.00. The number of aliphatic hydroxyl groups is 1. The lowest BCUT2D eigenvalue weighted by molar-refractivity contribution is -0.0309. The number of likely N-dealkylation sites (tertiary alicyclic amines) is 1. The van der Waals surface area contributed by atoms with Gasteiger partial charge in [0.2, 0.25) is 0 Å². The Morgan fingerprint density at radius 2 is 1.89 bits per heavy atom. The zero-order chi connectivity index (χ0) is 14.0. The lowest BCUT2D eigenvalue weighted by Gasteiger charge is -2.39. The summed E-state index contributed by atoms with van der Waals surface area (Å²) in [4.78, 5) is 2.26. The molecule has 1 heterocycles. The van der Waals surface area contributed by atoms with E-state index >= 15 is 0 Å². The van der Waals surface area contributed by atoms with Crippen molar-refractivity contribution in [3.05, 3.63) is 35.4 Å². The molecule has 1 fully saturated rings. The number of piperidine rings is 1. The van der Waals surface area contributed by atoms with Crippen LogP contribution < -0.4 is 0 Å². The van der Waals surface area contributed by atoms with Crippen LogP contribution in [0.3, 0.4) is 0 Å². The van der Waals surface area contributed by atoms with Crippen molar-refractivity contribution in [1.29, 1.82) is 0 Å². The minimum Gasteiger partial charge on any atom is -0.385 e. The molecule has 106 valence electrons. The number of nitrogens with zero attached hydrogens (tertiary/aromatic N) is 1. The molecule has 0 saturated carbocycles. The molecule has 1 N–H and O–H groups in total. The Kier molecular flexibility index (Phi) is 4.21. The zero-order valence-electron chi connectivity index (χ0n) is 11.5. The third-order valence-corrected chi connectivity index (χ3v) is 3.76. The second-order valence-electron chi connectivity index (χ2n) is 5.83. The van der Waals surface area contributed by atoms with Crippen molar-refractivity contribution < 1.29 is 13.9 Å². The van der Waals surface area contributed by atoms with Crippen molar-refractivity contribution in [2.24, 2.45) is 5.92 Å². The standard InChI is InChI=1S/C15H21F2NO/c1-11(2)10-18-8-6-15(19,7-9-18)12-4-3-5-13(16)14(12)17/h3-5,11,19H,6-10H2,1-2H3. The van der Waals surface area contributed by atoms with Crippen LogP contribution in [0.5, 0.6) is 0 Å². The fraction of sp³-hybridized carbons (Fsp3) is 0.600. The summed E-state index contributed by atoms with van der Waals surface area (Å²) in [5.41, 5.74) is -1.14. The van der Waals surface area contributed by atoms with E-state index < -0.39 is 17.2 Å². The van der Waals surface area contributed by atoms with Crippen LogP contribution in [0.4, 0.5) is 8.78 Å². The van der Waals surface area contributed by atoms with E-state index in [9.17, 15) is 13.9 Å². The highest BCUT2D eigenvalue weighted by atomic mass is 19.2. The van der Waals surface area contributed by atoms with Gasteiger partial charge in [-0.15, -0.1) is 0 Å². The largest absolute Gasteiger partial charge is 0.385 e. The molecule has 1 aromatic rings. The summed E-state index contributed by atoms with van der Waals surface area (Å²) in [5.74, 6) is -1.24. The van der Waals surface area contributed by atoms with E-state index in [1.54, 1.807) is 0 Å². The monoisotopic (exact) mass is 269 g/mol. The van der Waals surface area contributed by atoms with Crippen molar-refractivity contribution in [3.8, 4) is 0 Å². The molecule has 1 aromatic carbocycles. The summed E-state index contributed by atoms with van der Waals surface area (Å²) in [7, 11) is 0.